The number of hydrogen-bond donors (Lipinski definition) is 1. The Labute approximate surface area is 112 Å². The molecule has 2 unspecified atom stereocenters. The second-order valence-electron chi connectivity index (χ2n) is 4.75. The molecular weight excluding hydrogens is 252 g/mol. The number of halogens is 1. The van der Waals surface area contributed by atoms with Crippen LogP contribution in [0.4, 0.5) is 5.95 Å². The van der Waals surface area contributed by atoms with Gasteiger partial charge in [0.1, 0.15) is 6.10 Å². The molecule has 0 bridgehead atoms. The molecule has 0 aromatic carbocycles. The molecule has 0 amide bonds. The zero-order chi connectivity index (χ0) is 13.0. The van der Waals surface area contributed by atoms with Crippen LogP contribution in [-0.2, 0) is 0 Å². The average Bonchev–Trinajstić information content (AvgIpc) is 2.28. The Morgan fingerprint density at radius 1 is 1.33 bits per heavy atom. The molecule has 0 saturated heterocycles. The first-order valence-corrected chi connectivity index (χ1v) is 6.87. The quantitative estimate of drug-likeness (QED) is 0.912. The largest absolute Gasteiger partial charge is 0.460 e. The Morgan fingerprint density at radius 2 is 2.17 bits per heavy atom. The van der Waals surface area contributed by atoms with E-state index < -0.39 is 0 Å². The summed E-state index contributed by atoms with van der Waals surface area (Å²) in [5.41, 5.74) is 0. The van der Waals surface area contributed by atoms with E-state index in [4.69, 9.17) is 16.3 Å². The maximum atomic E-state index is 5.85. The minimum atomic E-state index is 0.166. The summed E-state index contributed by atoms with van der Waals surface area (Å²) in [6, 6.07) is 0.324. The van der Waals surface area contributed by atoms with Crippen molar-refractivity contribution >= 4 is 17.5 Å². The molecule has 2 rings (SSSR count). The monoisotopic (exact) mass is 270 g/mol. The van der Waals surface area contributed by atoms with Crippen molar-refractivity contribution in [1.82, 2.24) is 15.0 Å². The van der Waals surface area contributed by atoms with E-state index in [1.54, 1.807) is 0 Å². The van der Waals surface area contributed by atoms with E-state index in [0.29, 0.717) is 17.9 Å². The first-order valence-electron chi connectivity index (χ1n) is 6.49. The average molecular weight is 271 g/mol. The number of nitrogens with one attached hydrogen (secondary N) is 1. The molecule has 0 aliphatic heterocycles. The summed E-state index contributed by atoms with van der Waals surface area (Å²) in [6.07, 6.45) is 4.79. The molecule has 1 fully saturated rings. The molecule has 6 heteroatoms. The van der Waals surface area contributed by atoms with Gasteiger partial charge in [0.15, 0.2) is 0 Å². The Kier molecular flexibility index (Phi) is 4.58. The maximum absolute atomic E-state index is 5.85. The third kappa shape index (κ3) is 3.70. The van der Waals surface area contributed by atoms with Gasteiger partial charge in [-0.15, -0.1) is 0 Å². The van der Waals surface area contributed by atoms with Crippen molar-refractivity contribution in [2.24, 2.45) is 5.92 Å². The van der Waals surface area contributed by atoms with Crippen LogP contribution in [0, 0.1) is 5.92 Å². The van der Waals surface area contributed by atoms with Gasteiger partial charge in [-0.05, 0) is 43.7 Å². The normalized spacial score (nSPS) is 23.7. The molecule has 1 aromatic rings. The maximum Gasteiger partial charge on any atom is 0.322 e. The number of aromatic nitrogens is 3. The molecule has 1 aliphatic carbocycles. The van der Waals surface area contributed by atoms with E-state index in [1.807, 2.05) is 6.92 Å². The lowest BCUT2D eigenvalue weighted by atomic mass is 9.89. The summed E-state index contributed by atoms with van der Waals surface area (Å²) in [6.45, 7) is 4.96. The standard InChI is InChI=1S/C12H19ClN4O/c1-3-14-11-15-10(13)16-12(17-11)18-9-6-4-5-8(2)7-9/h8-9H,3-7H2,1-2H3,(H,14,15,16,17). The van der Waals surface area contributed by atoms with Crippen molar-refractivity contribution < 1.29 is 4.74 Å². The smallest absolute Gasteiger partial charge is 0.322 e. The van der Waals surface area contributed by atoms with Crippen LogP contribution in [0.1, 0.15) is 39.5 Å². The molecule has 1 heterocycles. The summed E-state index contributed by atoms with van der Waals surface area (Å²) in [7, 11) is 0. The highest BCUT2D eigenvalue weighted by Crippen LogP contribution is 2.26. The molecule has 5 nitrogen and oxygen atoms in total. The lowest BCUT2D eigenvalue weighted by Gasteiger charge is -2.26. The van der Waals surface area contributed by atoms with Crippen molar-refractivity contribution in [3.63, 3.8) is 0 Å². The van der Waals surface area contributed by atoms with Crippen LogP contribution in [0.5, 0.6) is 6.01 Å². The van der Waals surface area contributed by atoms with Gasteiger partial charge in [0.05, 0.1) is 0 Å². The van der Waals surface area contributed by atoms with Gasteiger partial charge in [-0.25, -0.2) is 0 Å². The second-order valence-corrected chi connectivity index (χ2v) is 5.09. The Balaban J connectivity index is 2.03. The Morgan fingerprint density at radius 3 is 2.89 bits per heavy atom. The van der Waals surface area contributed by atoms with Crippen LogP contribution < -0.4 is 10.1 Å². The van der Waals surface area contributed by atoms with Crippen molar-refractivity contribution in [2.75, 3.05) is 11.9 Å². The highest BCUT2D eigenvalue weighted by molar-refractivity contribution is 6.28. The van der Waals surface area contributed by atoms with Crippen LogP contribution in [0.2, 0.25) is 5.28 Å². The molecule has 18 heavy (non-hydrogen) atoms. The van der Waals surface area contributed by atoms with E-state index in [2.05, 4.69) is 27.2 Å². The first-order chi connectivity index (χ1) is 8.67. The van der Waals surface area contributed by atoms with E-state index in [9.17, 15) is 0 Å². The van der Waals surface area contributed by atoms with Crippen LogP contribution in [0.15, 0.2) is 0 Å². The van der Waals surface area contributed by atoms with Gasteiger partial charge in [0.25, 0.3) is 0 Å². The Bertz CT molecular complexity index is 402. The number of hydrogen-bond acceptors (Lipinski definition) is 5. The van der Waals surface area contributed by atoms with Gasteiger partial charge in [0, 0.05) is 6.54 Å². The van der Waals surface area contributed by atoms with Crippen molar-refractivity contribution in [3.8, 4) is 6.01 Å². The van der Waals surface area contributed by atoms with Crippen LogP contribution >= 0.6 is 11.6 Å². The van der Waals surface area contributed by atoms with E-state index in [1.165, 1.54) is 12.8 Å². The zero-order valence-electron chi connectivity index (χ0n) is 10.8. The van der Waals surface area contributed by atoms with Gasteiger partial charge in [-0.2, -0.15) is 15.0 Å². The fourth-order valence-electron chi connectivity index (χ4n) is 2.26. The Hall–Kier alpha value is -1.10. The lowest BCUT2D eigenvalue weighted by molar-refractivity contribution is 0.118. The van der Waals surface area contributed by atoms with Crippen molar-refractivity contribution in [2.45, 2.75) is 45.6 Å². The number of anilines is 1. The topological polar surface area (TPSA) is 59.9 Å². The predicted octanol–water partition coefficient (Wildman–Crippen LogP) is 2.91. The molecule has 1 saturated carbocycles. The third-order valence-corrected chi connectivity index (χ3v) is 3.25. The SMILES string of the molecule is CCNc1nc(Cl)nc(OC2CCCC(C)C2)n1. The second kappa shape index (κ2) is 6.18. The van der Waals surface area contributed by atoms with Crippen LogP contribution in [0.25, 0.3) is 0 Å². The molecule has 1 aliphatic rings. The van der Waals surface area contributed by atoms with Crippen LogP contribution in [-0.4, -0.2) is 27.6 Å². The lowest BCUT2D eigenvalue weighted by Crippen LogP contribution is -2.25. The predicted molar refractivity (Wildman–Crippen MR) is 71.0 cm³/mol. The van der Waals surface area contributed by atoms with Gasteiger partial charge in [0.2, 0.25) is 11.2 Å². The van der Waals surface area contributed by atoms with Crippen molar-refractivity contribution in [3.05, 3.63) is 5.28 Å². The van der Waals surface area contributed by atoms with Crippen LogP contribution in [0.3, 0.4) is 0 Å². The molecule has 100 valence electrons. The van der Waals surface area contributed by atoms with Gasteiger partial charge >= 0.3 is 6.01 Å². The third-order valence-electron chi connectivity index (χ3n) is 3.08. The van der Waals surface area contributed by atoms with Gasteiger partial charge in [-0.1, -0.05) is 13.3 Å². The molecular formula is C12H19ClN4O. The summed E-state index contributed by atoms with van der Waals surface area (Å²) >= 11 is 5.85. The van der Waals surface area contributed by atoms with Crippen molar-refractivity contribution in [1.29, 1.82) is 0 Å². The van der Waals surface area contributed by atoms with Gasteiger partial charge in [-0.3, -0.25) is 0 Å². The van der Waals surface area contributed by atoms with E-state index in [-0.39, 0.29) is 11.4 Å². The number of rotatable bonds is 4. The summed E-state index contributed by atoms with van der Waals surface area (Å²) < 4.78 is 5.81. The first kappa shape index (κ1) is 13.3. The summed E-state index contributed by atoms with van der Waals surface area (Å²) in [4.78, 5) is 12.2. The van der Waals surface area contributed by atoms with E-state index in [0.717, 1.165) is 19.4 Å². The zero-order valence-corrected chi connectivity index (χ0v) is 11.6. The summed E-state index contributed by atoms with van der Waals surface area (Å²) in [5, 5.41) is 3.17. The molecule has 0 radical (unpaired) electrons. The fraction of sp³-hybridized carbons (Fsp3) is 0.750. The molecule has 2 atom stereocenters. The number of nitrogens with zero attached hydrogens (tertiary/aromatic N) is 3. The molecule has 0 spiro atoms. The minimum absolute atomic E-state index is 0.166. The minimum Gasteiger partial charge on any atom is -0.460 e. The molecule has 1 N–H and O–H groups in total. The highest BCUT2D eigenvalue weighted by Gasteiger charge is 2.21. The fourth-order valence-corrected chi connectivity index (χ4v) is 2.41. The van der Waals surface area contributed by atoms with E-state index >= 15 is 0 Å². The highest BCUT2D eigenvalue weighted by atomic mass is 35.5. The summed E-state index contributed by atoms with van der Waals surface area (Å²) in [5.74, 6) is 1.17. The number of ether oxygens (including phenoxy) is 1. The molecule has 1 aromatic heterocycles. The van der Waals surface area contributed by atoms with Gasteiger partial charge < -0.3 is 10.1 Å².